The molecule has 108 valence electrons. The lowest BCUT2D eigenvalue weighted by atomic mass is 9.94. The third kappa shape index (κ3) is 4.89. The van der Waals surface area contributed by atoms with Gasteiger partial charge in [0.1, 0.15) is 6.23 Å². The average molecular weight is 255 g/mol. The molecule has 0 aromatic heterocycles. The van der Waals surface area contributed by atoms with Gasteiger partial charge in [0.25, 0.3) is 0 Å². The lowest BCUT2D eigenvalue weighted by Gasteiger charge is -2.38. The van der Waals surface area contributed by atoms with Crippen molar-refractivity contribution in [3.63, 3.8) is 0 Å². The molecule has 2 heteroatoms. The van der Waals surface area contributed by atoms with Crippen LogP contribution in [0.15, 0.2) is 0 Å². The monoisotopic (exact) mass is 255 g/mol. The number of unbranched alkanes of at least 4 members (excludes halogenated alkanes) is 1. The first-order valence-corrected chi connectivity index (χ1v) is 8.14. The van der Waals surface area contributed by atoms with Gasteiger partial charge < -0.3 is 5.11 Å². The lowest BCUT2D eigenvalue weighted by molar-refractivity contribution is -0.0468. The van der Waals surface area contributed by atoms with Gasteiger partial charge in [-0.15, -0.1) is 0 Å². The number of nitrogens with zero attached hydrogens (tertiary/aromatic N) is 1. The molecule has 0 bridgehead atoms. The van der Waals surface area contributed by atoms with Crippen LogP contribution in [-0.2, 0) is 0 Å². The highest BCUT2D eigenvalue weighted by molar-refractivity contribution is 4.81. The summed E-state index contributed by atoms with van der Waals surface area (Å²) in [5, 5.41) is 10.4. The number of aliphatic hydroxyl groups is 1. The maximum atomic E-state index is 10.4. The van der Waals surface area contributed by atoms with Crippen molar-refractivity contribution >= 4 is 0 Å². The summed E-state index contributed by atoms with van der Waals surface area (Å²) in [7, 11) is 0. The van der Waals surface area contributed by atoms with Gasteiger partial charge in [-0.3, -0.25) is 4.90 Å². The molecule has 1 rings (SSSR count). The summed E-state index contributed by atoms with van der Waals surface area (Å²) in [5.41, 5.74) is 0. The van der Waals surface area contributed by atoms with Gasteiger partial charge in [0.2, 0.25) is 0 Å². The van der Waals surface area contributed by atoms with E-state index in [-0.39, 0.29) is 6.23 Å². The summed E-state index contributed by atoms with van der Waals surface area (Å²) < 4.78 is 0. The van der Waals surface area contributed by atoms with Gasteiger partial charge >= 0.3 is 0 Å². The number of rotatable bonds is 7. The van der Waals surface area contributed by atoms with Crippen molar-refractivity contribution in [2.45, 2.75) is 90.8 Å². The molecular weight excluding hydrogens is 222 g/mol. The Kier molecular flexibility index (Phi) is 7.92. The Morgan fingerprint density at radius 3 is 2.50 bits per heavy atom. The van der Waals surface area contributed by atoms with E-state index >= 15 is 0 Å². The molecule has 0 aromatic carbocycles. The molecule has 0 aromatic rings. The minimum Gasteiger partial charge on any atom is -0.378 e. The van der Waals surface area contributed by atoms with Gasteiger partial charge in [-0.1, -0.05) is 52.9 Å². The maximum Gasteiger partial charge on any atom is 0.107 e. The van der Waals surface area contributed by atoms with Crippen LogP contribution >= 0.6 is 0 Å². The van der Waals surface area contributed by atoms with Crippen LogP contribution in [0.1, 0.15) is 78.6 Å². The van der Waals surface area contributed by atoms with E-state index in [0.717, 1.165) is 25.3 Å². The van der Waals surface area contributed by atoms with Crippen molar-refractivity contribution in [2.75, 3.05) is 6.54 Å². The number of hydrogen-bond donors (Lipinski definition) is 1. The van der Waals surface area contributed by atoms with E-state index in [0.29, 0.717) is 6.04 Å². The molecule has 1 N–H and O–H groups in total. The van der Waals surface area contributed by atoms with Crippen molar-refractivity contribution < 1.29 is 5.11 Å². The van der Waals surface area contributed by atoms with E-state index in [1.54, 1.807) is 0 Å². The first-order chi connectivity index (χ1) is 8.70. The van der Waals surface area contributed by atoms with Crippen LogP contribution in [0.2, 0.25) is 0 Å². The van der Waals surface area contributed by atoms with E-state index in [4.69, 9.17) is 0 Å². The Bertz CT molecular complexity index is 207. The fourth-order valence-electron chi connectivity index (χ4n) is 3.27. The highest BCUT2D eigenvalue weighted by Crippen LogP contribution is 2.29. The Hall–Kier alpha value is -0.0800. The Morgan fingerprint density at radius 1 is 1.11 bits per heavy atom. The van der Waals surface area contributed by atoms with Crippen LogP contribution in [0.3, 0.4) is 0 Å². The summed E-state index contributed by atoms with van der Waals surface area (Å²) in [4.78, 5) is 2.42. The zero-order valence-electron chi connectivity index (χ0n) is 12.7. The second-order valence-electron chi connectivity index (χ2n) is 6.04. The van der Waals surface area contributed by atoms with Crippen molar-refractivity contribution in [3.8, 4) is 0 Å². The van der Waals surface area contributed by atoms with E-state index in [2.05, 4.69) is 25.7 Å². The fourth-order valence-corrected chi connectivity index (χ4v) is 3.27. The summed E-state index contributed by atoms with van der Waals surface area (Å²) >= 11 is 0. The van der Waals surface area contributed by atoms with Crippen LogP contribution < -0.4 is 0 Å². The second-order valence-corrected chi connectivity index (χ2v) is 6.04. The highest BCUT2D eigenvalue weighted by atomic mass is 16.3. The standard InChI is InChI=1S/C16H33NO/c1-4-6-13-17(16(18)10-5-2)15-12-9-7-8-11-14(15)3/h14-16,18H,4-13H2,1-3H3. The molecule has 1 saturated carbocycles. The third-order valence-electron chi connectivity index (χ3n) is 4.44. The van der Waals surface area contributed by atoms with Crippen molar-refractivity contribution in [1.82, 2.24) is 4.90 Å². The smallest absolute Gasteiger partial charge is 0.107 e. The quantitative estimate of drug-likeness (QED) is 0.545. The molecule has 3 unspecified atom stereocenters. The molecule has 0 saturated heterocycles. The first-order valence-electron chi connectivity index (χ1n) is 8.14. The SMILES string of the molecule is CCCCN(C(O)CCC)C1CCCCCC1C. The zero-order chi connectivity index (χ0) is 13.4. The van der Waals surface area contributed by atoms with E-state index < -0.39 is 0 Å². The summed E-state index contributed by atoms with van der Waals surface area (Å²) in [6, 6.07) is 0.612. The largest absolute Gasteiger partial charge is 0.378 e. The second kappa shape index (κ2) is 8.92. The molecule has 0 heterocycles. The van der Waals surface area contributed by atoms with Crippen LogP contribution in [0.25, 0.3) is 0 Å². The molecular formula is C16H33NO. The Balaban J connectivity index is 2.65. The van der Waals surface area contributed by atoms with Crippen LogP contribution in [0.4, 0.5) is 0 Å². The molecule has 0 radical (unpaired) electrons. The topological polar surface area (TPSA) is 23.5 Å². The predicted molar refractivity (Wildman–Crippen MR) is 78.6 cm³/mol. The molecule has 0 amide bonds. The van der Waals surface area contributed by atoms with Crippen LogP contribution in [-0.4, -0.2) is 28.8 Å². The van der Waals surface area contributed by atoms with Gasteiger partial charge in [-0.05, 0) is 31.6 Å². The van der Waals surface area contributed by atoms with Gasteiger partial charge in [-0.2, -0.15) is 0 Å². The van der Waals surface area contributed by atoms with Crippen LogP contribution in [0, 0.1) is 5.92 Å². The Labute approximate surface area is 114 Å². The molecule has 1 fully saturated rings. The molecule has 2 nitrogen and oxygen atoms in total. The van der Waals surface area contributed by atoms with E-state index in [9.17, 15) is 5.11 Å². The summed E-state index contributed by atoms with van der Waals surface area (Å²) in [6.07, 6.45) is 10.9. The van der Waals surface area contributed by atoms with Crippen molar-refractivity contribution in [3.05, 3.63) is 0 Å². The predicted octanol–water partition coefficient (Wildman–Crippen LogP) is 4.18. The number of aliphatic hydroxyl groups excluding tert-OH is 1. The number of hydrogen-bond acceptors (Lipinski definition) is 2. The van der Waals surface area contributed by atoms with E-state index in [1.165, 1.54) is 44.9 Å². The van der Waals surface area contributed by atoms with Crippen molar-refractivity contribution in [1.29, 1.82) is 0 Å². The minimum absolute atomic E-state index is 0.216. The van der Waals surface area contributed by atoms with Crippen LogP contribution in [0.5, 0.6) is 0 Å². The fraction of sp³-hybridized carbons (Fsp3) is 1.00. The summed E-state index contributed by atoms with van der Waals surface area (Å²) in [6.45, 7) is 7.86. The molecule has 0 aliphatic heterocycles. The third-order valence-corrected chi connectivity index (χ3v) is 4.44. The first kappa shape index (κ1) is 16.0. The van der Waals surface area contributed by atoms with Gasteiger partial charge in [-0.25, -0.2) is 0 Å². The molecule has 18 heavy (non-hydrogen) atoms. The van der Waals surface area contributed by atoms with Gasteiger partial charge in [0.05, 0.1) is 0 Å². The Morgan fingerprint density at radius 2 is 1.83 bits per heavy atom. The van der Waals surface area contributed by atoms with Gasteiger partial charge in [0.15, 0.2) is 0 Å². The highest BCUT2D eigenvalue weighted by Gasteiger charge is 2.29. The molecule has 3 atom stereocenters. The van der Waals surface area contributed by atoms with Crippen molar-refractivity contribution in [2.24, 2.45) is 5.92 Å². The normalized spacial score (nSPS) is 27.2. The lowest BCUT2D eigenvalue weighted by Crippen LogP contribution is -2.46. The molecule has 0 spiro atoms. The molecule has 1 aliphatic rings. The maximum absolute atomic E-state index is 10.4. The average Bonchev–Trinajstić information content (AvgIpc) is 2.56. The summed E-state index contributed by atoms with van der Waals surface area (Å²) in [5.74, 6) is 0.746. The zero-order valence-corrected chi connectivity index (χ0v) is 12.7. The van der Waals surface area contributed by atoms with Gasteiger partial charge in [0, 0.05) is 12.6 Å². The minimum atomic E-state index is -0.216. The van der Waals surface area contributed by atoms with E-state index in [1.807, 2.05) is 0 Å². The molecule has 1 aliphatic carbocycles.